The van der Waals surface area contributed by atoms with E-state index < -0.39 is 10.0 Å². The highest BCUT2D eigenvalue weighted by Gasteiger charge is 2.18. The number of rotatable bonds is 5. The monoisotopic (exact) mass is 297 g/mol. The summed E-state index contributed by atoms with van der Waals surface area (Å²) >= 11 is 1.41. The number of nitrogens with zero attached hydrogens (tertiary/aromatic N) is 1. The first-order chi connectivity index (χ1) is 9.03. The Morgan fingerprint density at radius 3 is 2.84 bits per heavy atom. The molecule has 0 aliphatic rings. The molecule has 0 spiro atoms. The van der Waals surface area contributed by atoms with E-state index in [2.05, 4.69) is 9.71 Å². The molecular weight excluding hydrogens is 282 g/mol. The minimum atomic E-state index is -3.56. The zero-order valence-corrected chi connectivity index (χ0v) is 12.1. The van der Waals surface area contributed by atoms with E-state index in [4.69, 9.17) is 5.73 Å². The van der Waals surface area contributed by atoms with Gasteiger partial charge in [0.2, 0.25) is 10.0 Å². The van der Waals surface area contributed by atoms with Gasteiger partial charge in [0.1, 0.15) is 5.01 Å². The SMILES string of the molecule is CCc1ccc(N)cc1S(=O)(=O)NCc1nccs1. The van der Waals surface area contributed by atoms with Crippen molar-refractivity contribution < 1.29 is 8.42 Å². The summed E-state index contributed by atoms with van der Waals surface area (Å²) < 4.78 is 27.1. The molecule has 0 aliphatic heterocycles. The Balaban J connectivity index is 2.26. The summed E-state index contributed by atoms with van der Waals surface area (Å²) in [4.78, 5) is 4.28. The molecule has 0 aliphatic carbocycles. The average Bonchev–Trinajstić information content (AvgIpc) is 2.89. The minimum absolute atomic E-state index is 0.192. The number of nitrogen functional groups attached to an aromatic ring is 1. The van der Waals surface area contributed by atoms with Gasteiger partial charge in [0.15, 0.2) is 0 Å². The zero-order chi connectivity index (χ0) is 13.9. The van der Waals surface area contributed by atoms with Crippen LogP contribution in [-0.2, 0) is 23.0 Å². The van der Waals surface area contributed by atoms with Crippen molar-refractivity contribution in [3.63, 3.8) is 0 Å². The van der Waals surface area contributed by atoms with Crippen LogP contribution in [0.4, 0.5) is 5.69 Å². The zero-order valence-electron chi connectivity index (χ0n) is 10.5. The Labute approximate surface area is 116 Å². The lowest BCUT2D eigenvalue weighted by Gasteiger charge is -2.10. The first kappa shape index (κ1) is 14.0. The topological polar surface area (TPSA) is 85.1 Å². The third-order valence-corrected chi connectivity index (χ3v) is 4.92. The van der Waals surface area contributed by atoms with Gasteiger partial charge in [-0.05, 0) is 24.1 Å². The highest BCUT2D eigenvalue weighted by atomic mass is 32.2. The lowest BCUT2D eigenvalue weighted by molar-refractivity contribution is 0.580. The number of aromatic nitrogens is 1. The predicted octanol–water partition coefficient (Wildman–Crippen LogP) is 1.77. The summed E-state index contributed by atoms with van der Waals surface area (Å²) in [7, 11) is -3.56. The Hall–Kier alpha value is -1.44. The minimum Gasteiger partial charge on any atom is -0.399 e. The molecule has 5 nitrogen and oxygen atoms in total. The van der Waals surface area contributed by atoms with Gasteiger partial charge in [-0.2, -0.15) is 0 Å². The molecule has 102 valence electrons. The van der Waals surface area contributed by atoms with Gasteiger partial charge >= 0.3 is 0 Å². The first-order valence-corrected chi connectivity index (χ1v) is 8.15. The molecule has 0 unspecified atom stereocenters. The highest BCUT2D eigenvalue weighted by Crippen LogP contribution is 2.20. The standard InChI is InChI=1S/C12H15N3O2S2/c1-2-9-3-4-10(13)7-11(9)19(16,17)15-8-12-14-5-6-18-12/h3-7,15H,2,8,13H2,1H3. The largest absolute Gasteiger partial charge is 0.399 e. The molecule has 1 aromatic carbocycles. The molecule has 1 aromatic heterocycles. The van der Waals surface area contributed by atoms with Crippen molar-refractivity contribution in [2.45, 2.75) is 24.8 Å². The number of benzene rings is 1. The summed E-state index contributed by atoms with van der Waals surface area (Å²) in [6, 6.07) is 4.94. The smallest absolute Gasteiger partial charge is 0.241 e. The number of anilines is 1. The van der Waals surface area contributed by atoms with Gasteiger partial charge < -0.3 is 5.73 Å². The second kappa shape index (κ2) is 5.68. The van der Waals surface area contributed by atoms with Crippen LogP contribution in [-0.4, -0.2) is 13.4 Å². The van der Waals surface area contributed by atoms with E-state index >= 15 is 0 Å². The number of aryl methyl sites for hydroxylation is 1. The van der Waals surface area contributed by atoms with Gasteiger partial charge in [-0.1, -0.05) is 13.0 Å². The first-order valence-electron chi connectivity index (χ1n) is 5.79. The number of nitrogens with two attached hydrogens (primary N) is 1. The van der Waals surface area contributed by atoms with Gasteiger partial charge in [-0.15, -0.1) is 11.3 Å². The highest BCUT2D eigenvalue weighted by molar-refractivity contribution is 7.89. The maximum absolute atomic E-state index is 12.3. The summed E-state index contributed by atoms with van der Waals surface area (Å²) in [5.41, 5.74) is 6.85. The van der Waals surface area contributed by atoms with Gasteiger partial charge in [0.05, 0.1) is 11.4 Å². The Kier molecular flexibility index (Phi) is 4.18. The lowest BCUT2D eigenvalue weighted by Crippen LogP contribution is -2.24. The third kappa shape index (κ3) is 3.31. The molecule has 0 bridgehead atoms. The fraction of sp³-hybridized carbons (Fsp3) is 0.250. The number of nitrogens with one attached hydrogen (secondary N) is 1. The maximum atomic E-state index is 12.3. The number of hydrogen-bond acceptors (Lipinski definition) is 5. The Morgan fingerprint density at radius 1 is 1.42 bits per heavy atom. The summed E-state index contributed by atoms with van der Waals surface area (Å²) in [5.74, 6) is 0. The molecule has 3 N–H and O–H groups in total. The molecule has 7 heteroatoms. The quantitative estimate of drug-likeness (QED) is 0.824. The van der Waals surface area contributed by atoms with Crippen LogP contribution in [0.1, 0.15) is 17.5 Å². The Morgan fingerprint density at radius 2 is 2.21 bits per heavy atom. The molecule has 1 heterocycles. The number of sulfonamides is 1. The molecule has 19 heavy (non-hydrogen) atoms. The van der Waals surface area contributed by atoms with Crippen molar-refractivity contribution in [3.8, 4) is 0 Å². The van der Waals surface area contributed by atoms with E-state index in [1.54, 1.807) is 18.3 Å². The molecule has 0 atom stereocenters. The second-order valence-corrected chi connectivity index (χ2v) is 6.69. The fourth-order valence-electron chi connectivity index (χ4n) is 1.69. The lowest BCUT2D eigenvalue weighted by atomic mass is 10.1. The Bertz CT molecular complexity index is 652. The maximum Gasteiger partial charge on any atom is 0.241 e. The number of thiazole rings is 1. The predicted molar refractivity (Wildman–Crippen MR) is 76.4 cm³/mol. The van der Waals surface area contributed by atoms with Crippen molar-refractivity contribution in [2.75, 3.05) is 5.73 Å². The van der Waals surface area contributed by atoms with Crippen LogP contribution < -0.4 is 10.5 Å². The fourth-order valence-corrected chi connectivity index (χ4v) is 3.67. The van der Waals surface area contributed by atoms with Crippen molar-refractivity contribution in [1.82, 2.24) is 9.71 Å². The van der Waals surface area contributed by atoms with Crippen LogP contribution in [0.2, 0.25) is 0 Å². The van der Waals surface area contributed by atoms with Crippen molar-refractivity contribution >= 4 is 27.0 Å². The van der Waals surface area contributed by atoms with E-state index in [1.807, 2.05) is 12.3 Å². The normalized spacial score (nSPS) is 11.6. The van der Waals surface area contributed by atoms with Crippen LogP contribution in [0, 0.1) is 0 Å². The van der Waals surface area contributed by atoms with E-state index in [1.165, 1.54) is 17.4 Å². The van der Waals surface area contributed by atoms with Crippen LogP contribution in [0.5, 0.6) is 0 Å². The molecule has 0 radical (unpaired) electrons. The van der Waals surface area contributed by atoms with E-state index in [0.29, 0.717) is 12.1 Å². The van der Waals surface area contributed by atoms with Crippen LogP contribution in [0.15, 0.2) is 34.7 Å². The van der Waals surface area contributed by atoms with Crippen molar-refractivity contribution in [2.24, 2.45) is 0 Å². The van der Waals surface area contributed by atoms with E-state index in [9.17, 15) is 8.42 Å². The van der Waals surface area contributed by atoms with Gasteiger partial charge in [-0.3, -0.25) is 0 Å². The van der Waals surface area contributed by atoms with Crippen LogP contribution in [0.3, 0.4) is 0 Å². The van der Waals surface area contributed by atoms with Crippen molar-refractivity contribution in [1.29, 1.82) is 0 Å². The third-order valence-electron chi connectivity index (χ3n) is 2.66. The molecule has 0 amide bonds. The molecule has 2 rings (SSSR count). The van der Waals surface area contributed by atoms with E-state index in [-0.39, 0.29) is 11.4 Å². The molecule has 0 saturated heterocycles. The van der Waals surface area contributed by atoms with E-state index in [0.717, 1.165) is 10.6 Å². The molecule has 2 aromatic rings. The van der Waals surface area contributed by atoms with Gasteiger partial charge in [0, 0.05) is 17.3 Å². The molecular formula is C12H15N3O2S2. The molecule has 0 fully saturated rings. The van der Waals surface area contributed by atoms with Gasteiger partial charge in [0.25, 0.3) is 0 Å². The summed E-state index contributed by atoms with van der Waals surface area (Å²) in [6.45, 7) is 2.10. The summed E-state index contributed by atoms with van der Waals surface area (Å²) in [6.07, 6.45) is 2.28. The van der Waals surface area contributed by atoms with Gasteiger partial charge in [-0.25, -0.2) is 18.1 Å². The molecule has 0 saturated carbocycles. The summed E-state index contributed by atoms with van der Waals surface area (Å²) in [5, 5.41) is 2.53. The van der Waals surface area contributed by atoms with Crippen LogP contribution in [0.25, 0.3) is 0 Å². The number of hydrogen-bond donors (Lipinski definition) is 2. The average molecular weight is 297 g/mol. The van der Waals surface area contributed by atoms with Crippen LogP contribution >= 0.6 is 11.3 Å². The van der Waals surface area contributed by atoms with Crippen molar-refractivity contribution in [3.05, 3.63) is 40.3 Å². The second-order valence-electron chi connectivity index (χ2n) is 3.97.